The van der Waals surface area contributed by atoms with Gasteiger partial charge in [-0.1, -0.05) is 0 Å². The van der Waals surface area contributed by atoms with Crippen LogP contribution >= 0.6 is 25.3 Å². The number of ether oxygens (including phenoxy) is 2. The Labute approximate surface area is 97.6 Å². The topological polar surface area (TPSA) is 69.7 Å². The van der Waals surface area contributed by atoms with Crippen LogP contribution in [0.4, 0.5) is 0 Å². The molecular formula is C8H10O5S2. The Morgan fingerprint density at radius 2 is 1.67 bits per heavy atom. The molecule has 0 N–H and O–H groups in total. The zero-order valence-corrected chi connectivity index (χ0v) is 9.72. The third-order valence-electron chi connectivity index (χ3n) is 1.15. The minimum Gasteiger partial charge on any atom is -0.433 e. The lowest BCUT2D eigenvalue weighted by molar-refractivity contribution is -0.154. The van der Waals surface area contributed by atoms with Crippen molar-refractivity contribution >= 4 is 43.2 Å². The first-order valence-corrected chi connectivity index (χ1v) is 5.10. The van der Waals surface area contributed by atoms with Crippen LogP contribution in [0.3, 0.4) is 0 Å². The van der Waals surface area contributed by atoms with Gasteiger partial charge in [-0.25, -0.2) is 4.79 Å². The van der Waals surface area contributed by atoms with Crippen LogP contribution in [0.15, 0.2) is 11.8 Å². The summed E-state index contributed by atoms with van der Waals surface area (Å²) in [6.07, 6.45) is 0.909. The molecule has 0 fully saturated rings. The average molecular weight is 250 g/mol. The Morgan fingerprint density at radius 3 is 2.13 bits per heavy atom. The molecule has 0 rings (SSSR count). The molecule has 84 valence electrons. The molecule has 0 aromatic heterocycles. The van der Waals surface area contributed by atoms with Crippen molar-refractivity contribution in [2.24, 2.45) is 0 Å². The summed E-state index contributed by atoms with van der Waals surface area (Å²) in [5.41, 5.74) is 0.000247. The van der Waals surface area contributed by atoms with Gasteiger partial charge >= 0.3 is 17.9 Å². The second-order valence-corrected chi connectivity index (χ2v) is 3.00. The predicted octanol–water partition coefficient (Wildman–Crippen LogP) is 0.363. The van der Waals surface area contributed by atoms with Gasteiger partial charge in [-0.2, -0.15) is 25.3 Å². The van der Waals surface area contributed by atoms with Gasteiger partial charge in [0.15, 0.2) is 0 Å². The Bertz CT molecular complexity index is 297. The van der Waals surface area contributed by atoms with Gasteiger partial charge in [-0.3, -0.25) is 9.59 Å². The highest BCUT2D eigenvalue weighted by Crippen LogP contribution is 1.99. The molecule has 0 radical (unpaired) electrons. The SMILES string of the molecule is CC(=COC(=O)CS)C(=O)OC(=O)CS. The lowest BCUT2D eigenvalue weighted by Gasteiger charge is -2.01. The molecule has 0 aromatic carbocycles. The Morgan fingerprint density at radius 1 is 1.13 bits per heavy atom. The maximum atomic E-state index is 11.1. The van der Waals surface area contributed by atoms with Gasteiger partial charge in [0.1, 0.15) is 6.26 Å². The Balaban J connectivity index is 4.19. The molecule has 0 aliphatic rings. The number of hydrogen-bond acceptors (Lipinski definition) is 7. The lowest BCUT2D eigenvalue weighted by Crippen LogP contribution is -2.14. The summed E-state index contributed by atoms with van der Waals surface area (Å²) < 4.78 is 8.78. The van der Waals surface area contributed by atoms with E-state index in [0.717, 1.165) is 6.26 Å². The largest absolute Gasteiger partial charge is 0.433 e. The minimum atomic E-state index is -0.874. The molecule has 0 unspecified atom stereocenters. The predicted molar refractivity (Wildman–Crippen MR) is 58.7 cm³/mol. The van der Waals surface area contributed by atoms with Crippen LogP contribution < -0.4 is 0 Å². The molecule has 0 spiro atoms. The molecule has 0 aliphatic heterocycles. The van der Waals surface area contributed by atoms with Crippen LogP contribution in [-0.4, -0.2) is 29.4 Å². The molecule has 0 amide bonds. The Kier molecular flexibility index (Phi) is 6.89. The van der Waals surface area contributed by atoms with Crippen molar-refractivity contribution in [1.82, 2.24) is 0 Å². The fraction of sp³-hybridized carbons (Fsp3) is 0.375. The summed E-state index contributed by atoms with van der Waals surface area (Å²) in [6.45, 7) is 1.35. The van der Waals surface area contributed by atoms with Crippen molar-refractivity contribution < 1.29 is 23.9 Å². The van der Waals surface area contributed by atoms with Crippen molar-refractivity contribution in [2.45, 2.75) is 6.92 Å². The van der Waals surface area contributed by atoms with E-state index in [2.05, 4.69) is 34.7 Å². The lowest BCUT2D eigenvalue weighted by atomic mass is 10.3. The quantitative estimate of drug-likeness (QED) is 0.248. The summed E-state index contributed by atoms with van der Waals surface area (Å²) >= 11 is 7.27. The number of esters is 3. The summed E-state index contributed by atoms with van der Waals surface area (Å²) in [5, 5.41) is 0. The Hall–Kier alpha value is -0.950. The second-order valence-electron chi connectivity index (χ2n) is 2.37. The average Bonchev–Trinajstić information content (AvgIpc) is 2.24. The number of carbonyl (C=O) groups is 3. The molecule has 0 aliphatic carbocycles. The molecule has 0 saturated heterocycles. The minimum absolute atomic E-state index is 0.000247. The van der Waals surface area contributed by atoms with E-state index in [0.29, 0.717) is 0 Å². The molecule has 5 nitrogen and oxygen atoms in total. The van der Waals surface area contributed by atoms with Gasteiger partial charge in [-0.05, 0) is 6.92 Å². The van der Waals surface area contributed by atoms with Crippen LogP contribution in [-0.2, 0) is 23.9 Å². The zero-order valence-electron chi connectivity index (χ0n) is 7.93. The van der Waals surface area contributed by atoms with Crippen molar-refractivity contribution in [2.75, 3.05) is 11.5 Å². The van der Waals surface area contributed by atoms with Gasteiger partial charge < -0.3 is 9.47 Å². The van der Waals surface area contributed by atoms with E-state index in [1.165, 1.54) is 6.92 Å². The monoisotopic (exact) mass is 250 g/mol. The number of hydrogen-bond donors (Lipinski definition) is 2. The van der Waals surface area contributed by atoms with Gasteiger partial charge in [0.05, 0.1) is 17.1 Å². The summed E-state index contributed by atoms with van der Waals surface area (Å²) in [7, 11) is 0. The van der Waals surface area contributed by atoms with Gasteiger partial charge in [0.25, 0.3) is 0 Å². The van der Waals surface area contributed by atoms with Crippen molar-refractivity contribution in [3.8, 4) is 0 Å². The summed E-state index contributed by atoms with van der Waals surface area (Å²) in [4.78, 5) is 32.4. The highest BCUT2D eigenvalue weighted by Gasteiger charge is 2.11. The van der Waals surface area contributed by atoms with Crippen LogP contribution in [0.1, 0.15) is 6.92 Å². The highest BCUT2D eigenvalue weighted by molar-refractivity contribution is 7.81. The highest BCUT2D eigenvalue weighted by atomic mass is 32.1. The molecule has 7 heteroatoms. The first-order chi connectivity index (χ1) is 7.01. The summed E-state index contributed by atoms with van der Waals surface area (Å²) in [5.74, 6) is -2.55. The van der Waals surface area contributed by atoms with E-state index in [1.807, 2.05) is 0 Å². The maximum absolute atomic E-state index is 11.1. The first kappa shape index (κ1) is 14.1. The normalized spacial score (nSPS) is 10.7. The molecule has 0 bridgehead atoms. The fourth-order valence-electron chi connectivity index (χ4n) is 0.456. The third kappa shape index (κ3) is 6.19. The molecule has 0 heterocycles. The van der Waals surface area contributed by atoms with Crippen molar-refractivity contribution in [1.29, 1.82) is 0 Å². The summed E-state index contributed by atoms with van der Waals surface area (Å²) in [6, 6.07) is 0. The molecule has 15 heavy (non-hydrogen) atoms. The van der Waals surface area contributed by atoms with E-state index in [1.54, 1.807) is 0 Å². The van der Waals surface area contributed by atoms with Crippen LogP contribution in [0.25, 0.3) is 0 Å². The van der Waals surface area contributed by atoms with E-state index < -0.39 is 17.9 Å². The molecular weight excluding hydrogens is 240 g/mol. The standard InChI is InChI=1S/C8H10O5S2/c1-5(2-12-6(9)3-14)8(11)13-7(10)4-15/h2,14-15H,3-4H2,1H3. The number of rotatable bonds is 4. The van der Waals surface area contributed by atoms with Crippen LogP contribution in [0, 0.1) is 0 Å². The van der Waals surface area contributed by atoms with Crippen molar-refractivity contribution in [3.05, 3.63) is 11.8 Å². The number of thiol groups is 2. The smallest absolute Gasteiger partial charge is 0.344 e. The zero-order chi connectivity index (χ0) is 11.8. The molecule has 0 aromatic rings. The van der Waals surface area contributed by atoms with Gasteiger partial charge in [0.2, 0.25) is 0 Å². The first-order valence-electron chi connectivity index (χ1n) is 3.84. The van der Waals surface area contributed by atoms with E-state index in [9.17, 15) is 14.4 Å². The van der Waals surface area contributed by atoms with E-state index in [-0.39, 0.29) is 17.1 Å². The number of carbonyl (C=O) groups excluding carboxylic acids is 3. The van der Waals surface area contributed by atoms with Crippen LogP contribution in [0.5, 0.6) is 0 Å². The maximum Gasteiger partial charge on any atom is 0.344 e. The molecule has 0 atom stereocenters. The third-order valence-corrected chi connectivity index (χ3v) is 1.67. The fourth-order valence-corrected chi connectivity index (χ4v) is 0.595. The van der Waals surface area contributed by atoms with Crippen molar-refractivity contribution in [3.63, 3.8) is 0 Å². The van der Waals surface area contributed by atoms with E-state index in [4.69, 9.17) is 0 Å². The van der Waals surface area contributed by atoms with Crippen LogP contribution in [0.2, 0.25) is 0 Å². The second kappa shape index (κ2) is 7.36. The van der Waals surface area contributed by atoms with Gasteiger partial charge in [-0.15, -0.1) is 0 Å². The van der Waals surface area contributed by atoms with Gasteiger partial charge in [0, 0.05) is 0 Å². The molecule has 0 saturated carbocycles. The van der Waals surface area contributed by atoms with E-state index >= 15 is 0 Å².